The molecule has 2 rings (SSSR count). The van der Waals surface area contributed by atoms with Gasteiger partial charge in [0, 0.05) is 25.8 Å². The zero-order chi connectivity index (χ0) is 15.4. The van der Waals surface area contributed by atoms with E-state index in [2.05, 4.69) is 17.2 Å². The van der Waals surface area contributed by atoms with Crippen LogP contribution >= 0.6 is 0 Å². The summed E-state index contributed by atoms with van der Waals surface area (Å²) >= 11 is 0. The second-order valence-corrected chi connectivity index (χ2v) is 5.88. The molecule has 0 spiro atoms. The number of pyridine rings is 1. The molecule has 0 saturated heterocycles. The third kappa shape index (κ3) is 3.52. The van der Waals surface area contributed by atoms with Crippen LogP contribution in [0, 0.1) is 11.7 Å². The minimum atomic E-state index is -0.555. The molecule has 1 saturated carbocycles. The highest BCUT2D eigenvalue weighted by molar-refractivity contribution is 5.95. The fourth-order valence-electron chi connectivity index (χ4n) is 2.89. The van der Waals surface area contributed by atoms with Gasteiger partial charge in [0.2, 0.25) is 0 Å². The van der Waals surface area contributed by atoms with Gasteiger partial charge in [-0.15, -0.1) is 0 Å². The Hall–Kier alpha value is -1.65. The molecule has 1 aromatic heterocycles. The molecular formula is C16H24FN3O. The van der Waals surface area contributed by atoms with Crippen LogP contribution in [0.15, 0.2) is 12.3 Å². The maximum Gasteiger partial charge on any atom is 0.257 e. The molecule has 21 heavy (non-hydrogen) atoms. The predicted octanol–water partition coefficient (Wildman–Crippen LogP) is 3.30. The van der Waals surface area contributed by atoms with E-state index in [9.17, 15) is 9.18 Å². The van der Waals surface area contributed by atoms with Gasteiger partial charge in [-0.1, -0.05) is 6.92 Å². The van der Waals surface area contributed by atoms with Gasteiger partial charge in [0.1, 0.15) is 0 Å². The zero-order valence-corrected chi connectivity index (χ0v) is 13.0. The van der Waals surface area contributed by atoms with Gasteiger partial charge in [-0.2, -0.15) is 0 Å². The fourth-order valence-corrected chi connectivity index (χ4v) is 2.89. The van der Waals surface area contributed by atoms with E-state index in [1.165, 1.54) is 12.3 Å². The van der Waals surface area contributed by atoms with Crippen molar-refractivity contribution < 1.29 is 9.18 Å². The summed E-state index contributed by atoms with van der Waals surface area (Å²) in [5.41, 5.74) is 0.0991. The Labute approximate surface area is 125 Å². The summed E-state index contributed by atoms with van der Waals surface area (Å²) in [5.74, 6) is 0.0609. The number of hydrogen-bond donors (Lipinski definition) is 1. The van der Waals surface area contributed by atoms with Gasteiger partial charge in [0.25, 0.3) is 5.91 Å². The van der Waals surface area contributed by atoms with Gasteiger partial charge in [-0.3, -0.25) is 4.79 Å². The van der Waals surface area contributed by atoms with Gasteiger partial charge in [-0.05, 0) is 44.6 Å². The van der Waals surface area contributed by atoms with Crippen LogP contribution in [-0.2, 0) is 0 Å². The largest absolute Gasteiger partial charge is 0.368 e. The zero-order valence-electron chi connectivity index (χ0n) is 13.0. The molecule has 4 nitrogen and oxygen atoms in total. The Morgan fingerprint density at radius 3 is 2.71 bits per heavy atom. The number of rotatable bonds is 4. The van der Waals surface area contributed by atoms with Crippen molar-refractivity contribution in [3.8, 4) is 0 Å². The van der Waals surface area contributed by atoms with E-state index in [0.29, 0.717) is 6.54 Å². The standard InChI is InChI=1S/C16H24FN3O/c1-4-18-15-14(17)13(9-10-19-15)16(21)20(3)12-7-5-11(2)6-8-12/h9-12H,4-8H2,1-3H3,(H,18,19). The van der Waals surface area contributed by atoms with Crippen molar-refractivity contribution >= 4 is 11.7 Å². The minimum Gasteiger partial charge on any atom is -0.368 e. The Kier molecular flexibility index (Phi) is 5.15. The van der Waals surface area contributed by atoms with E-state index >= 15 is 0 Å². The van der Waals surface area contributed by atoms with Gasteiger partial charge in [0.15, 0.2) is 11.6 Å². The lowest BCUT2D eigenvalue weighted by Crippen LogP contribution is -2.39. The highest BCUT2D eigenvalue weighted by atomic mass is 19.1. The summed E-state index contributed by atoms with van der Waals surface area (Å²) in [6.07, 6.45) is 5.73. The third-order valence-corrected chi connectivity index (χ3v) is 4.32. The second kappa shape index (κ2) is 6.87. The first-order valence-electron chi connectivity index (χ1n) is 7.70. The Morgan fingerprint density at radius 1 is 1.43 bits per heavy atom. The van der Waals surface area contributed by atoms with E-state index in [-0.39, 0.29) is 23.3 Å². The van der Waals surface area contributed by atoms with Gasteiger partial charge < -0.3 is 10.2 Å². The van der Waals surface area contributed by atoms with E-state index < -0.39 is 5.82 Å². The van der Waals surface area contributed by atoms with Crippen LogP contribution < -0.4 is 5.32 Å². The van der Waals surface area contributed by atoms with E-state index in [4.69, 9.17) is 0 Å². The first-order valence-corrected chi connectivity index (χ1v) is 7.70. The van der Waals surface area contributed by atoms with Crippen molar-refractivity contribution in [3.05, 3.63) is 23.6 Å². The average Bonchev–Trinajstić information content (AvgIpc) is 2.49. The summed E-state index contributed by atoms with van der Waals surface area (Å²) in [7, 11) is 1.77. The summed E-state index contributed by atoms with van der Waals surface area (Å²) in [6.45, 7) is 4.67. The number of halogens is 1. The number of aromatic nitrogens is 1. The number of hydrogen-bond acceptors (Lipinski definition) is 3. The highest BCUT2D eigenvalue weighted by Gasteiger charge is 2.27. The molecule has 0 bridgehead atoms. The number of amides is 1. The lowest BCUT2D eigenvalue weighted by molar-refractivity contribution is 0.0675. The molecular weight excluding hydrogens is 269 g/mol. The van der Waals surface area contributed by atoms with E-state index in [1.54, 1.807) is 11.9 Å². The molecule has 0 radical (unpaired) electrons. The van der Waals surface area contributed by atoms with Crippen LogP contribution in [0.3, 0.4) is 0 Å². The number of nitrogens with one attached hydrogen (secondary N) is 1. The maximum atomic E-state index is 14.3. The van der Waals surface area contributed by atoms with Crippen LogP contribution in [0.2, 0.25) is 0 Å². The van der Waals surface area contributed by atoms with Crippen molar-refractivity contribution in [2.24, 2.45) is 5.92 Å². The molecule has 0 unspecified atom stereocenters. The molecule has 1 N–H and O–H groups in total. The van der Waals surface area contributed by atoms with Crippen LogP contribution in [0.4, 0.5) is 10.2 Å². The summed E-state index contributed by atoms with van der Waals surface area (Å²) in [6, 6.07) is 1.67. The Morgan fingerprint density at radius 2 is 2.10 bits per heavy atom. The molecule has 1 aliphatic carbocycles. The van der Waals surface area contributed by atoms with Crippen molar-refractivity contribution in [3.63, 3.8) is 0 Å². The second-order valence-electron chi connectivity index (χ2n) is 5.88. The van der Waals surface area contributed by atoms with Crippen LogP contribution in [-0.4, -0.2) is 35.4 Å². The first kappa shape index (κ1) is 15.7. The minimum absolute atomic E-state index is 0.0991. The first-order chi connectivity index (χ1) is 10.0. The van der Waals surface area contributed by atoms with E-state index in [0.717, 1.165) is 31.6 Å². The topological polar surface area (TPSA) is 45.2 Å². The molecule has 0 atom stereocenters. The van der Waals surface area contributed by atoms with Gasteiger partial charge in [-0.25, -0.2) is 9.37 Å². The van der Waals surface area contributed by atoms with Crippen molar-refractivity contribution in [2.75, 3.05) is 18.9 Å². The number of carbonyl (C=O) groups excluding carboxylic acids is 1. The van der Waals surface area contributed by atoms with E-state index in [1.807, 2.05) is 6.92 Å². The predicted molar refractivity (Wildman–Crippen MR) is 81.9 cm³/mol. The third-order valence-electron chi connectivity index (χ3n) is 4.32. The molecule has 0 aliphatic heterocycles. The fraction of sp³-hybridized carbons (Fsp3) is 0.625. The Balaban J connectivity index is 2.14. The number of anilines is 1. The summed E-state index contributed by atoms with van der Waals surface area (Å²) in [4.78, 5) is 18.2. The molecule has 5 heteroatoms. The monoisotopic (exact) mass is 293 g/mol. The number of nitrogens with zero attached hydrogens (tertiary/aromatic N) is 2. The smallest absolute Gasteiger partial charge is 0.257 e. The quantitative estimate of drug-likeness (QED) is 0.926. The Bertz CT molecular complexity index is 498. The summed E-state index contributed by atoms with van der Waals surface area (Å²) < 4.78 is 14.3. The summed E-state index contributed by atoms with van der Waals surface area (Å²) in [5, 5.41) is 2.84. The highest BCUT2D eigenvalue weighted by Crippen LogP contribution is 2.28. The molecule has 0 aromatic carbocycles. The SMILES string of the molecule is CCNc1nccc(C(=O)N(C)C2CCC(C)CC2)c1F. The molecule has 1 aliphatic rings. The lowest BCUT2D eigenvalue weighted by Gasteiger charge is -2.33. The van der Waals surface area contributed by atoms with Crippen molar-refractivity contribution in [1.29, 1.82) is 0 Å². The molecule has 1 heterocycles. The average molecular weight is 293 g/mol. The molecule has 1 aromatic rings. The van der Waals surface area contributed by atoms with Crippen molar-refractivity contribution in [1.82, 2.24) is 9.88 Å². The molecule has 116 valence electrons. The normalized spacial score (nSPS) is 21.9. The van der Waals surface area contributed by atoms with Crippen molar-refractivity contribution in [2.45, 2.75) is 45.6 Å². The lowest BCUT2D eigenvalue weighted by atomic mass is 9.86. The maximum absolute atomic E-state index is 14.3. The van der Waals surface area contributed by atoms with Gasteiger partial charge >= 0.3 is 0 Å². The number of carbonyl (C=O) groups is 1. The van der Waals surface area contributed by atoms with Crippen LogP contribution in [0.25, 0.3) is 0 Å². The molecule has 1 fully saturated rings. The molecule has 1 amide bonds. The van der Waals surface area contributed by atoms with Crippen LogP contribution in [0.1, 0.15) is 49.9 Å². The van der Waals surface area contributed by atoms with Crippen LogP contribution in [0.5, 0.6) is 0 Å². The van der Waals surface area contributed by atoms with Gasteiger partial charge in [0.05, 0.1) is 5.56 Å².